The number of aryl methyl sites for hydroxylation is 1. The smallest absolute Gasteiger partial charge is 0.232 e. The van der Waals surface area contributed by atoms with Crippen LogP contribution in [-0.2, 0) is 20.9 Å². The molecule has 0 N–H and O–H groups in total. The topological polar surface area (TPSA) is 72.3 Å². The van der Waals surface area contributed by atoms with Crippen LogP contribution in [0.1, 0.15) is 6.42 Å². The zero-order valence-electron chi connectivity index (χ0n) is 9.21. The second kappa shape index (κ2) is 4.30. The highest BCUT2D eigenvalue weighted by molar-refractivity contribution is 8.13. The molecule has 1 aromatic heterocycles. The Hall–Kier alpha value is -1.08. The number of hydrogen-bond donors (Lipinski definition) is 0. The Bertz CT molecular complexity index is 539. The maximum Gasteiger partial charge on any atom is 0.232 e. The molecule has 1 atom stereocenters. The molecule has 1 amide bonds. The van der Waals surface area contributed by atoms with Crippen molar-refractivity contribution in [3.63, 3.8) is 0 Å². The van der Waals surface area contributed by atoms with Gasteiger partial charge < -0.3 is 4.90 Å². The predicted molar refractivity (Wildman–Crippen MR) is 63.3 cm³/mol. The van der Waals surface area contributed by atoms with Crippen molar-refractivity contribution < 1.29 is 13.2 Å². The van der Waals surface area contributed by atoms with Gasteiger partial charge in [0.25, 0.3) is 0 Å². The third kappa shape index (κ3) is 2.98. The van der Waals surface area contributed by atoms with Crippen molar-refractivity contribution in [2.24, 2.45) is 13.0 Å². The van der Waals surface area contributed by atoms with Crippen molar-refractivity contribution in [1.29, 1.82) is 0 Å². The lowest BCUT2D eigenvalue weighted by atomic mass is 10.1. The Balaban J connectivity index is 2.10. The summed E-state index contributed by atoms with van der Waals surface area (Å²) in [6.07, 6.45) is 3.51. The molecule has 94 valence electrons. The summed E-state index contributed by atoms with van der Waals surface area (Å²) in [5.41, 5.74) is 0.687. The summed E-state index contributed by atoms with van der Waals surface area (Å²) in [5.74, 6) is -0.509. The van der Waals surface area contributed by atoms with Gasteiger partial charge in [-0.2, -0.15) is 5.10 Å². The number of amides is 1. The largest absolute Gasteiger partial charge is 0.309 e. The van der Waals surface area contributed by atoms with Crippen LogP contribution in [-0.4, -0.2) is 36.4 Å². The SMILES string of the molecule is Cn1cc(N2CC(CS(=O)(=O)Cl)CC2=O)cn1. The molecule has 1 fully saturated rings. The van der Waals surface area contributed by atoms with Crippen molar-refractivity contribution in [2.45, 2.75) is 6.42 Å². The Morgan fingerprint density at radius 3 is 2.82 bits per heavy atom. The summed E-state index contributed by atoms with van der Waals surface area (Å²) in [6.45, 7) is 0.372. The number of aromatic nitrogens is 2. The summed E-state index contributed by atoms with van der Waals surface area (Å²) in [5, 5.41) is 3.97. The fraction of sp³-hybridized carbons (Fsp3) is 0.556. The number of anilines is 1. The Morgan fingerprint density at radius 2 is 2.29 bits per heavy atom. The number of halogens is 1. The van der Waals surface area contributed by atoms with E-state index in [0.29, 0.717) is 12.2 Å². The van der Waals surface area contributed by atoms with Gasteiger partial charge in [-0.25, -0.2) is 8.42 Å². The van der Waals surface area contributed by atoms with Gasteiger partial charge in [-0.05, 0) is 0 Å². The molecule has 2 rings (SSSR count). The summed E-state index contributed by atoms with van der Waals surface area (Å²) >= 11 is 0. The first-order valence-electron chi connectivity index (χ1n) is 5.06. The zero-order valence-corrected chi connectivity index (χ0v) is 10.8. The Kier molecular flexibility index (Phi) is 3.13. The van der Waals surface area contributed by atoms with Gasteiger partial charge in [-0.3, -0.25) is 9.48 Å². The number of rotatable bonds is 3. The van der Waals surface area contributed by atoms with Crippen LogP contribution in [0.4, 0.5) is 5.69 Å². The highest BCUT2D eigenvalue weighted by Crippen LogP contribution is 2.25. The first-order valence-corrected chi connectivity index (χ1v) is 7.54. The van der Waals surface area contributed by atoms with Gasteiger partial charge >= 0.3 is 0 Å². The molecule has 0 spiro atoms. The molecule has 17 heavy (non-hydrogen) atoms. The fourth-order valence-corrected chi connectivity index (χ4v) is 3.29. The van der Waals surface area contributed by atoms with Gasteiger partial charge in [0.15, 0.2) is 0 Å². The van der Waals surface area contributed by atoms with Crippen molar-refractivity contribution in [2.75, 3.05) is 17.2 Å². The van der Waals surface area contributed by atoms with Crippen LogP contribution in [0.15, 0.2) is 12.4 Å². The van der Waals surface area contributed by atoms with Crippen molar-refractivity contribution >= 4 is 31.3 Å². The van der Waals surface area contributed by atoms with Gasteiger partial charge in [0.05, 0.1) is 17.6 Å². The Labute approximate surface area is 104 Å². The second-order valence-electron chi connectivity index (χ2n) is 4.15. The van der Waals surface area contributed by atoms with E-state index in [0.717, 1.165) is 0 Å². The van der Waals surface area contributed by atoms with Crippen LogP contribution < -0.4 is 4.90 Å². The highest BCUT2D eigenvalue weighted by atomic mass is 35.7. The zero-order chi connectivity index (χ0) is 12.6. The molecule has 1 aromatic rings. The third-order valence-electron chi connectivity index (χ3n) is 2.64. The van der Waals surface area contributed by atoms with E-state index in [-0.39, 0.29) is 24.0 Å². The molecule has 0 radical (unpaired) electrons. The molecule has 0 bridgehead atoms. The van der Waals surface area contributed by atoms with Crippen molar-refractivity contribution in [3.8, 4) is 0 Å². The van der Waals surface area contributed by atoms with Gasteiger partial charge in [0, 0.05) is 42.8 Å². The minimum atomic E-state index is -3.56. The van der Waals surface area contributed by atoms with Gasteiger partial charge in [-0.15, -0.1) is 0 Å². The molecule has 0 aliphatic carbocycles. The van der Waals surface area contributed by atoms with E-state index >= 15 is 0 Å². The average Bonchev–Trinajstić information content (AvgIpc) is 2.70. The first-order chi connectivity index (χ1) is 7.85. The summed E-state index contributed by atoms with van der Waals surface area (Å²) < 4.78 is 23.5. The monoisotopic (exact) mass is 277 g/mol. The van der Waals surface area contributed by atoms with E-state index < -0.39 is 9.05 Å². The molecule has 1 aliphatic heterocycles. The lowest BCUT2D eigenvalue weighted by molar-refractivity contribution is -0.117. The highest BCUT2D eigenvalue weighted by Gasteiger charge is 2.33. The lowest BCUT2D eigenvalue weighted by Crippen LogP contribution is -2.24. The van der Waals surface area contributed by atoms with Crippen LogP contribution in [0.25, 0.3) is 0 Å². The number of hydrogen-bond acceptors (Lipinski definition) is 4. The standard InChI is InChI=1S/C9H12ClN3O3S/c1-12-5-8(3-11-12)13-4-7(2-9(13)14)6-17(10,15)16/h3,5,7H,2,4,6H2,1H3. The van der Waals surface area contributed by atoms with Gasteiger partial charge in [0.2, 0.25) is 15.0 Å². The normalized spacial score (nSPS) is 21.2. The second-order valence-corrected chi connectivity index (χ2v) is 6.97. The molecule has 6 nitrogen and oxygen atoms in total. The molecule has 2 heterocycles. The molecule has 1 saturated heterocycles. The quantitative estimate of drug-likeness (QED) is 0.747. The molecule has 1 aliphatic rings. The lowest BCUT2D eigenvalue weighted by Gasteiger charge is -2.13. The summed E-state index contributed by atoms with van der Waals surface area (Å²) in [7, 11) is 3.38. The van der Waals surface area contributed by atoms with Crippen LogP contribution in [0.3, 0.4) is 0 Å². The predicted octanol–water partition coefficient (Wildman–Crippen LogP) is 0.342. The molecule has 0 saturated carbocycles. The molecule has 1 unspecified atom stereocenters. The third-order valence-corrected chi connectivity index (χ3v) is 3.89. The average molecular weight is 278 g/mol. The maximum absolute atomic E-state index is 11.7. The van der Waals surface area contributed by atoms with Crippen LogP contribution in [0, 0.1) is 5.92 Å². The molecule has 0 aromatic carbocycles. The molecule has 8 heteroatoms. The van der Waals surface area contributed by atoms with E-state index in [9.17, 15) is 13.2 Å². The number of carbonyl (C=O) groups excluding carboxylic acids is 1. The summed E-state index contributed by atoms with van der Waals surface area (Å²) in [6, 6.07) is 0. The van der Waals surface area contributed by atoms with Crippen LogP contribution in [0.2, 0.25) is 0 Å². The van der Waals surface area contributed by atoms with E-state index in [4.69, 9.17) is 10.7 Å². The van der Waals surface area contributed by atoms with E-state index in [1.54, 1.807) is 29.0 Å². The maximum atomic E-state index is 11.7. The van der Waals surface area contributed by atoms with E-state index in [2.05, 4.69) is 5.10 Å². The minimum absolute atomic E-state index is 0.0942. The minimum Gasteiger partial charge on any atom is -0.309 e. The molecular weight excluding hydrogens is 266 g/mol. The van der Waals surface area contributed by atoms with Crippen molar-refractivity contribution in [1.82, 2.24) is 9.78 Å². The van der Waals surface area contributed by atoms with Crippen LogP contribution in [0.5, 0.6) is 0 Å². The summed E-state index contributed by atoms with van der Waals surface area (Å²) in [4.78, 5) is 13.3. The van der Waals surface area contributed by atoms with Crippen molar-refractivity contribution in [3.05, 3.63) is 12.4 Å². The van der Waals surface area contributed by atoms with E-state index in [1.165, 1.54) is 0 Å². The van der Waals surface area contributed by atoms with Gasteiger partial charge in [-0.1, -0.05) is 0 Å². The first kappa shape index (κ1) is 12.4. The molecular formula is C9H12ClN3O3S. The van der Waals surface area contributed by atoms with E-state index in [1.807, 2.05) is 0 Å². The number of carbonyl (C=O) groups is 1. The van der Waals surface area contributed by atoms with Gasteiger partial charge in [0.1, 0.15) is 0 Å². The Morgan fingerprint density at radius 1 is 1.59 bits per heavy atom. The fourth-order valence-electron chi connectivity index (χ4n) is 1.97. The van der Waals surface area contributed by atoms with Crippen LogP contribution >= 0.6 is 10.7 Å². The number of nitrogens with zero attached hydrogens (tertiary/aromatic N) is 3.